The highest BCUT2D eigenvalue weighted by atomic mass is 32.3. The number of aryl methyl sites for hydroxylation is 2. The van der Waals surface area contributed by atoms with Gasteiger partial charge in [-0.1, -0.05) is 71.1 Å². The van der Waals surface area contributed by atoms with Gasteiger partial charge in [0, 0.05) is 5.41 Å². The van der Waals surface area contributed by atoms with Gasteiger partial charge in [-0.25, -0.2) is 21.8 Å². The van der Waals surface area contributed by atoms with E-state index in [9.17, 15) is 16.8 Å². The Morgan fingerprint density at radius 2 is 1.28 bits per heavy atom. The number of benzene rings is 3. The zero-order valence-electron chi connectivity index (χ0n) is 20.7. The van der Waals surface area contributed by atoms with Gasteiger partial charge in [0.2, 0.25) is 0 Å². The highest BCUT2D eigenvalue weighted by Crippen LogP contribution is 2.37. The first-order chi connectivity index (χ1) is 16.9. The summed E-state index contributed by atoms with van der Waals surface area (Å²) < 4.78 is 61.5. The third kappa shape index (κ3) is 5.38. The van der Waals surface area contributed by atoms with Crippen LogP contribution in [0, 0.1) is 19.3 Å². The van der Waals surface area contributed by atoms with Crippen LogP contribution in [0.5, 0.6) is 0 Å². The lowest BCUT2D eigenvalue weighted by atomic mass is 9.89. The molecule has 1 heterocycles. The normalized spacial score (nSPS) is 18.9. The molecule has 0 bridgehead atoms. The molecule has 1 saturated heterocycles. The molecule has 4 rings (SSSR count). The summed E-state index contributed by atoms with van der Waals surface area (Å²) in [5.74, 6) is 0.444. The van der Waals surface area contributed by atoms with E-state index in [1.54, 1.807) is 24.3 Å². The van der Waals surface area contributed by atoms with Crippen molar-refractivity contribution in [2.45, 2.75) is 50.0 Å². The van der Waals surface area contributed by atoms with Gasteiger partial charge in [-0.15, -0.1) is 0 Å². The van der Waals surface area contributed by atoms with Gasteiger partial charge in [-0.05, 0) is 56.7 Å². The summed E-state index contributed by atoms with van der Waals surface area (Å²) in [6, 6.07) is 21.6. The summed E-state index contributed by atoms with van der Waals surface area (Å²) in [5.41, 5.74) is 1.93. The first-order valence-corrected chi connectivity index (χ1v) is 14.5. The molecule has 7 nitrogen and oxygen atoms in total. The first kappa shape index (κ1) is 26.1. The standard InChI is InChI=1S/C27H30N2O5S2/c1-20-10-14-24(15-11-20)35(30,31)29(36(32,33)25-16-12-21(2)13-17-25)19-23-18-27(3,4)26(34-23)28-22-8-6-5-7-9-22/h5-17,23H,18-19H2,1-4H3/b28-26-. The van der Waals surface area contributed by atoms with E-state index in [1.807, 2.05) is 58.0 Å². The summed E-state index contributed by atoms with van der Waals surface area (Å²) in [5, 5.41) is 0. The molecule has 0 spiro atoms. The van der Waals surface area contributed by atoms with Crippen molar-refractivity contribution >= 4 is 31.6 Å². The van der Waals surface area contributed by atoms with E-state index in [0.29, 0.717) is 21.7 Å². The molecule has 3 aromatic carbocycles. The van der Waals surface area contributed by atoms with Gasteiger partial charge >= 0.3 is 0 Å². The lowest BCUT2D eigenvalue weighted by Crippen LogP contribution is -2.42. The molecule has 0 aromatic heterocycles. The number of sulfonamides is 2. The zero-order valence-corrected chi connectivity index (χ0v) is 22.4. The van der Waals surface area contributed by atoms with Crippen LogP contribution >= 0.6 is 0 Å². The monoisotopic (exact) mass is 526 g/mol. The molecular weight excluding hydrogens is 496 g/mol. The van der Waals surface area contributed by atoms with Crippen LogP contribution in [0.25, 0.3) is 0 Å². The maximum Gasteiger partial charge on any atom is 0.256 e. The average molecular weight is 527 g/mol. The second-order valence-electron chi connectivity index (χ2n) is 9.67. The minimum atomic E-state index is -4.41. The molecule has 1 unspecified atom stereocenters. The van der Waals surface area contributed by atoms with Crippen molar-refractivity contribution in [3.05, 3.63) is 90.0 Å². The molecule has 9 heteroatoms. The van der Waals surface area contributed by atoms with E-state index < -0.39 is 31.6 Å². The van der Waals surface area contributed by atoms with Crippen LogP contribution in [0.4, 0.5) is 5.69 Å². The molecule has 1 atom stereocenters. The zero-order chi connectivity index (χ0) is 26.1. The summed E-state index contributed by atoms with van der Waals surface area (Å²) in [4.78, 5) is 4.41. The molecule has 0 amide bonds. The minimum absolute atomic E-state index is 0.0979. The predicted molar refractivity (Wildman–Crippen MR) is 140 cm³/mol. The van der Waals surface area contributed by atoms with E-state index in [0.717, 1.165) is 11.1 Å². The second kappa shape index (κ2) is 9.80. The Labute approximate surface area is 213 Å². The topological polar surface area (TPSA) is 93.1 Å². The van der Waals surface area contributed by atoms with Crippen molar-refractivity contribution in [2.24, 2.45) is 10.4 Å². The molecule has 0 N–H and O–H groups in total. The highest BCUT2D eigenvalue weighted by molar-refractivity contribution is 8.04. The Hall–Kier alpha value is -3.01. The Morgan fingerprint density at radius 3 is 1.75 bits per heavy atom. The van der Waals surface area contributed by atoms with Crippen LogP contribution in [-0.2, 0) is 24.8 Å². The lowest BCUT2D eigenvalue weighted by Gasteiger charge is -2.24. The van der Waals surface area contributed by atoms with Gasteiger partial charge < -0.3 is 4.74 Å². The van der Waals surface area contributed by atoms with E-state index in [4.69, 9.17) is 4.74 Å². The van der Waals surface area contributed by atoms with Crippen molar-refractivity contribution in [2.75, 3.05) is 6.54 Å². The number of rotatable bonds is 7. The van der Waals surface area contributed by atoms with Crippen molar-refractivity contribution < 1.29 is 21.6 Å². The Bertz CT molecular complexity index is 1390. The number of hydrogen-bond donors (Lipinski definition) is 0. The van der Waals surface area contributed by atoms with Gasteiger partial charge in [0.05, 0.1) is 22.0 Å². The molecule has 1 fully saturated rings. The second-order valence-corrected chi connectivity index (χ2v) is 13.6. The van der Waals surface area contributed by atoms with Crippen molar-refractivity contribution in [3.63, 3.8) is 0 Å². The fourth-order valence-corrected chi connectivity index (χ4v) is 7.77. The molecule has 1 aliphatic heterocycles. The molecule has 1 aliphatic rings. The van der Waals surface area contributed by atoms with Crippen LogP contribution in [0.2, 0.25) is 0 Å². The summed E-state index contributed by atoms with van der Waals surface area (Å²) in [6.45, 7) is 7.19. The fourth-order valence-electron chi connectivity index (χ4n) is 4.06. The minimum Gasteiger partial charge on any atom is -0.476 e. The van der Waals surface area contributed by atoms with E-state index in [2.05, 4.69) is 4.99 Å². The average Bonchev–Trinajstić information content (AvgIpc) is 3.11. The summed E-state index contributed by atoms with van der Waals surface area (Å²) in [7, 11) is -8.82. The molecule has 36 heavy (non-hydrogen) atoms. The highest BCUT2D eigenvalue weighted by Gasteiger charge is 2.45. The van der Waals surface area contributed by atoms with Crippen LogP contribution < -0.4 is 0 Å². The molecule has 0 radical (unpaired) electrons. The van der Waals surface area contributed by atoms with Crippen molar-refractivity contribution in [1.29, 1.82) is 0 Å². The number of ether oxygens (including phenoxy) is 1. The Balaban J connectivity index is 1.73. The van der Waals surface area contributed by atoms with Gasteiger partial charge in [0.1, 0.15) is 6.10 Å². The van der Waals surface area contributed by atoms with Crippen molar-refractivity contribution in [1.82, 2.24) is 3.71 Å². The quantitative estimate of drug-likeness (QED) is 0.420. The molecule has 0 aliphatic carbocycles. The first-order valence-electron chi connectivity index (χ1n) is 11.6. The fraction of sp³-hybridized carbons (Fsp3) is 0.296. The molecular formula is C27H30N2O5S2. The third-order valence-corrected chi connectivity index (χ3v) is 10.4. The van der Waals surface area contributed by atoms with Crippen LogP contribution in [0.15, 0.2) is 93.6 Å². The largest absolute Gasteiger partial charge is 0.476 e. The van der Waals surface area contributed by atoms with Gasteiger partial charge in [0.25, 0.3) is 20.0 Å². The Kier molecular flexibility index (Phi) is 7.10. The smallest absolute Gasteiger partial charge is 0.256 e. The maximum atomic E-state index is 13.7. The Morgan fingerprint density at radius 1 is 0.806 bits per heavy atom. The van der Waals surface area contributed by atoms with E-state index in [1.165, 1.54) is 24.3 Å². The number of aliphatic imine (C=N–C) groups is 1. The van der Waals surface area contributed by atoms with Crippen LogP contribution in [-0.4, -0.2) is 39.1 Å². The van der Waals surface area contributed by atoms with E-state index >= 15 is 0 Å². The SMILES string of the molecule is Cc1ccc(S(=O)(=O)N(CC2CC(C)(C)/C(=N/c3ccccc3)O2)S(=O)(=O)c2ccc(C)cc2)cc1. The number of nitrogens with zero attached hydrogens (tertiary/aromatic N) is 2. The molecule has 0 saturated carbocycles. The number of para-hydroxylation sites is 1. The van der Waals surface area contributed by atoms with Gasteiger partial charge in [0.15, 0.2) is 5.90 Å². The summed E-state index contributed by atoms with van der Waals surface area (Å²) in [6.07, 6.45) is -0.301. The van der Waals surface area contributed by atoms with Crippen LogP contribution in [0.1, 0.15) is 31.4 Å². The van der Waals surface area contributed by atoms with E-state index in [-0.39, 0.29) is 16.3 Å². The lowest BCUT2D eigenvalue weighted by molar-refractivity contribution is 0.201. The maximum absolute atomic E-state index is 13.7. The molecule has 190 valence electrons. The van der Waals surface area contributed by atoms with Gasteiger partial charge in [-0.3, -0.25) is 0 Å². The number of hydrogen-bond acceptors (Lipinski definition) is 6. The summed E-state index contributed by atoms with van der Waals surface area (Å²) >= 11 is 0. The van der Waals surface area contributed by atoms with Gasteiger partial charge in [-0.2, -0.15) is 0 Å². The predicted octanol–water partition coefficient (Wildman–Crippen LogP) is 5.23. The van der Waals surface area contributed by atoms with Crippen LogP contribution in [0.3, 0.4) is 0 Å². The molecule has 3 aromatic rings. The third-order valence-electron chi connectivity index (χ3n) is 6.11. The van der Waals surface area contributed by atoms with Crippen molar-refractivity contribution in [3.8, 4) is 0 Å².